The number of rotatable bonds is 4. The Morgan fingerprint density at radius 1 is 1.12 bits per heavy atom. The molecule has 1 fully saturated rings. The lowest BCUT2D eigenvalue weighted by Gasteiger charge is -2.41. The molecule has 2 aromatic rings. The maximum Gasteiger partial charge on any atom is 0.174 e. The normalized spacial score (nSPS) is 25.4. The van der Waals surface area contributed by atoms with E-state index in [4.69, 9.17) is 0 Å². The van der Waals surface area contributed by atoms with Crippen molar-refractivity contribution in [3.63, 3.8) is 0 Å². The van der Waals surface area contributed by atoms with Crippen molar-refractivity contribution < 1.29 is 36.0 Å². The van der Waals surface area contributed by atoms with Crippen LogP contribution in [0.5, 0.6) is 0 Å². The first kappa shape index (κ1) is 20.5. The van der Waals surface area contributed by atoms with Crippen molar-refractivity contribution in [1.82, 2.24) is 0 Å². The molecule has 1 aliphatic rings. The van der Waals surface area contributed by atoms with Gasteiger partial charge in [0.25, 0.3) is 0 Å². The van der Waals surface area contributed by atoms with Crippen molar-refractivity contribution >= 4 is 5.78 Å². The van der Waals surface area contributed by atoms with Crippen LogP contribution in [0.3, 0.4) is 0 Å². The maximum absolute atomic E-state index is 13.3. The summed E-state index contributed by atoms with van der Waals surface area (Å²) in [5.41, 5.74) is -0.425. The topological polar surface area (TPSA) is 41.7 Å². The second-order valence-electron chi connectivity index (χ2n) is 6.66. The molecule has 0 aromatic heterocycles. The number of hydrogen-bond donors (Lipinski definition) is 2. The van der Waals surface area contributed by atoms with Gasteiger partial charge in [0, 0.05) is 12.0 Å². The van der Waals surface area contributed by atoms with Gasteiger partial charge in [0.1, 0.15) is 23.2 Å². The number of carbonyl (C=O) groups is 1. The maximum atomic E-state index is 13.3. The van der Waals surface area contributed by atoms with Crippen molar-refractivity contribution in [2.75, 3.05) is 19.6 Å². The molecule has 1 unspecified atom stereocenters. The Bertz CT molecular complexity index is 751. The Morgan fingerprint density at radius 2 is 1.65 bits per heavy atom. The van der Waals surface area contributed by atoms with Gasteiger partial charge in [0.15, 0.2) is 5.78 Å². The minimum absolute atomic E-state index is 0. The minimum atomic E-state index is -1.35. The van der Waals surface area contributed by atoms with Gasteiger partial charge >= 0.3 is 0 Å². The monoisotopic (exact) mass is 381 g/mol. The fourth-order valence-electron chi connectivity index (χ4n) is 3.63. The quantitative estimate of drug-likeness (QED) is 0.665. The van der Waals surface area contributed by atoms with Crippen LogP contribution < -0.4 is 17.3 Å². The Labute approximate surface area is 158 Å². The van der Waals surface area contributed by atoms with E-state index < -0.39 is 17.3 Å². The molecule has 2 N–H and O–H groups in total. The van der Waals surface area contributed by atoms with E-state index in [1.165, 1.54) is 53.4 Å². The summed E-state index contributed by atoms with van der Waals surface area (Å²) in [7, 11) is 0. The number of Topliss-reactive ketones (excluding diaryl/α,β-unsaturated/α-hetero) is 1. The summed E-state index contributed by atoms with van der Waals surface area (Å²) >= 11 is 0. The molecule has 2 aromatic carbocycles. The number of nitrogens with one attached hydrogen (secondary N) is 1. The van der Waals surface area contributed by atoms with Crippen LogP contribution in [0.1, 0.15) is 29.3 Å². The number of benzene rings is 2. The van der Waals surface area contributed by atoms with Crippen molar-refractivity contribution in [2.45, 2.75) is 18.9 Å². The number of ketones is 1. The van der Waals surface area contributed by atoms with E-state index in [-0.39, 0.29) is 24.0 Å². The van der Waals surface area contributed by atoms with Crippen LogP contribution >= 0.6 is 0 Å². The fraction of sp³-hybridized carbons (Fsp3) is 0.350. The van der Waals surface area contributed by atoms with Crippen LogP contribution in [-0.4, -0.2) is 30.5 Å². The fourth-order valence-corrected chi connectivity index (χ4v) is 3.63. The van der Waals surface area contributed by atoms with E-state index in [9.17, 15) is 18.7 Å². The second kappa shape index (κ2) is 8.25. The molecular formula is C20H22ClF2NO2. The number of carbonyl (C=O) groups excluding carboxylic acids is 1. The van der Waals surface area contributed by atoms with Crippen LogP contribution in [-0.2, 0) is 5.60 Å². The highest BCUT2D eigenvalue weighted by molar-refractivity contribution is 5.98. The number of halogens is 3. The summed E-state index contributed by atoms with van der Waals surface area (Å²) in [5, 5.41) is 11.4. The number of aliphatic hydroxyl groups is 1. The van der Waals surface area contributed by atoms with E-state index in [0.29, 0.717) is 24.1 Å². The van der Waals surface area contributed by atoms with Gasteiger partial charge in [-0.25, -0.2) is 8.78 Å². The molecule has 1 aliphatic heterocycles. The highest BCUT2D eigenvalue weighted by atomic mass is 35.5. The number of hydrogen-bond acceptors (Lipinski definition) is 2. The highest BCUT2D eigenvalue weighted by Crippen LogP contribution is 2.36. The minimum Gasteiger partial charge on any atom is -1.00 e. The molecule has 1 heterocycles. The zero-order valence-corrected chi connectivity index (χ0v) is 15.3. The summed E-state index contributed by atoms with van der Waals surface area (Å²) in [6, 6.07) is 11.1. The third kappa shape index (κ3) is 3.95. The second-order valence-corrected chi connectivity index (χ2v) is 6.66. The zero-order valence-electron chi connectivity index (χ0n) is 14.5. The lowest BCUT2D eigenvalue weighted by Crippen LogP contribution is -3.14. The first-order valence-electron chi connectivity index (χ1n) is 8.56. The van der Waals surface area contributed by atoms with Crippen molar-refractivity contribution in [3.05, 3.63) is 71.3 Å². The SMILES string of the molecule is CC[NH+]1CC[C@@](O)(c2ccc(F)cc2)[C@H](C(=O)c2ccc(F)cc2)C1.[Cl-]. The van der Waals surface area contributed by atoms with Crippen LogP contribution in [0.2, 0.25) is 0 Å². The van der Waals surface area contributed by atoms with E-state index >= 15 is 0 Å². The van der Waals surface area contributed by atoms with Crippen LogP contribution in [0.15, 0.2) is 48.5 Å². The molecule has 140 valence electrons. The summed E-state index contributed by atoms with van der Waals surface area (Å²) in [6.45, 7) is 4.11. The van der Waals surface area contributed by atoms with E-state index in [0.717, 1.165) is 13.1 Å². The molecule has 0 saturated carbocycles. The van der Waals surface area contributed by atoms with Gasteiger partial charge in [-0.05, 0) is 48.9 Å². The average molecular weight is 382 g/mol. The smallest absolute Gasteiger partial charge is 0.174 e. The Hall–Kier alpha value is -1.82. The molecule has 3 atom stereocenters. The standard InChI is InChI=1S/C20H21F2NO2.ClH/c1-2-23-12-11-20(25,15-5-9-17(22)10-6-15)18(13-23)19(24)14-3-7-16(21)8-4-14;/h3-10,18,25H,2,11-13H2,1H3;1H/t18-,20+;/m0./s1. The molecule has 0 aliphatic carbocycles. The lowest BCUT2D eigenvalue weighted by molar-refractivity contribution is -0.908. The third-order valence-electron chi connectivity index (χ3n) is 5.22. The Kier molecular flexibility index (Phi) is 6.50. The third-order valence-corrected chi connectivity index (χ3v) is 5.22. The van der Waals surface area contributed by atoms with Gasteiger partial charge in [-0.3, -0.25) is 4.79 Å². The molecule has 0 amide bonds. The first-order valence-corrected chi connectivity index (χ1v) is 8.56. The molecule has 3 rings (SSSR count). The average Bonchev–Trinajstić information content (AvgIpc) is 2.62. The molecule has 0 spiro atoms. The molecule has 0 radical (unpaired) electrons. The number of likely N-dealkylation sites (tertiary alicyclic amines) is 1. The molecule has 0 bridgehead atoms. The predicted molar refractivity (Wildman–Crippen MR) is 90.4 cm³/mol. The molecule has 1 saturated heterocycles. The van der Waals surface area contributed by atoms with Gasteiger partial charge in [-0.2, -0.15) is 0 Å². The number of quaternary nitrogens is 1. The summed E-state index contributed by atoms with van der Waals surface area (Å²) in [6.07, 6.45) is 0.416. The predicted octanol–water partition coefficient (Wildman–Crippen LogP) is -1.04. The zero-order chi connectivity index (χ0) is 18.0. The van der Waals surface area contributed by atoms with Crippen LogP contribution in [0, 0.1) is 17.6 Å². The van der Waals surface area contributed by atoms with Crippen molar-refractivity contribution in [3.8, 4) is 0 Å². The lowest BCUT2D eigenvalue weighted by atomic mass is 9.72. The van der Waals surface area contributed by atoms with E-state index in [1.807, 2.05) is 6.92 Å². The molecule has 6 heteroatoms. The summed E-state index contributed by atoms with van der Waals surface area (Å²) < 4.78 is 26.4. The van der Waals surface area contributed by atoms with Crippen LogP contribution in [0.25, 0.3) is 0 Å². The van der Waals surface area contributed by atoms with Gasteiger partial charge < -0.3 is 22.4 Å². The molecule has 3 nitrogen and oxygen atoms in total. The molecular weight excluding hydrogens is 360 g/mol. The number of piperidine rings is 1. The van der Waals surface area contributed by atoms with Gasteiger partial charge in [0.2, 0.25) is 0 Å². The van der Waals surface area contributed by atoms with Gasteiger partial charge in [-0.15, -0.1) is 0 Å². The Morgan fingerprint density at radius 3 is 2.19 bits per heavy atom. The first-order chi connectivity index (χ1) is 11.9. The molecule has 26 heavy (non-hydrogen) atoms. The van der Waals surface area contributed by atoms with E-state index in [2.05, 4.69) is 0 Å². The highest BCUT2D eigenvalue weighted by Gasteiger charge is 2.48. The van der Waals surface area contributed by atoms with Crippen molar-refractivity contribution in [2.24, 2.45) is 5.92 Å². The van der Waals surface area contributed by atoms with Gasteiger partial charge in [0.05, 0.1) is 19.6 Å². The Balaban J connectivity index is 0.00000243. The largest absolute Gasteiger partial charge is 1.00 e. The van der Waals surface area contributed by atoms with Crippen molar-refractivity contribution in [1.29, 1.82) is 0 Å². The summed E-state index contributed by atoms with van der Waals surface area (Å²) in [4.78, 5) is 14.3. The van der Waals surface area contributed by atoms with Gasteiger partial charge in [-0.1, -0.05) is 12.1 Å². The van der Waals surface area contributed by atoms with E-state index in [1.54, 1.807) is 0 Å². The summed E-state index contributed by atoms with van der Waals surface area (Å²) in [5.74, 6) is -1.66. The van der Waals surface area contributed by atoms with Crippen LogP contribution in [0.4, 0.5) is 8.78 Å².